The highest BCUT2D eigenvalue weighted by molar-refractivity contribution is 7.89. The van der Waals surface area contributed by atoms with Gasteiger partial charge in [0, 0.05) is 31.6 Å². The number of likely N-dealkylation sites (N-methyl/N-ethyl adjacent to an activating group) is 1. The lowest BCUT2D eigenvalue weighted by Crippen LogP contribution is -2.38. The number of nitrogens with one attached hydrogen (secondary N) is 1. The number of ether oxygens (including phenoxy) is 1. The Morgan fingerprint density at radius 2 is 2.16 bits per heavy atom. The third-order valence-corrected chi connectivity index (χ3v) is 6.43. The minimum atomic E-state index is -3.48. The Hall–Kier alpha value is -0.470. The van der Waals surface area contributed by atoms with Gasteiger partial charge in [0.05, 0.1) is 6.61 Å². The average Bonchev–Trinajstić information content (AvgIpc) is 2.71. The Kier molecular flexibility index (Phi) is 5.94. The number of hydrogen-bond acceptors (Lipinski definition) is 5. The third kappa shape index (κ3) is 3.55. The van der Waals surface area contributed by atoms with E-state index >= 15 is 0 Å². The van der Waals surface area contributed by atoms with Gasteiger partial charge < -0.3 is 10.1 Å². The van der Waals surface area contributed by atoms with E-state index in [1.807, 2.05) is 26.3 Å². The van der Waals surface area contributed by atoms with E-state index in [2.05, 4.69) is 5.32 Å². The summed E-state index contributed by atoms with van der Waals surface area (Å²) in [5.74, 6) is 0. The lowest BCUT2D eigenvalue weighted by Gasteiger charge is -2.24. The maximum Gasteiger partial charge on any atom is 0.244 e. The molecule has 0 bridgehead atoms. The molecule has 19 heavy (non-hydrogen) atoms. The van der Waals surface area contributed by atoms with E-state index in [1.54, 1.807) is 14.2 Å². The number of sulfonamides is 1. The number of rotatable bonds is 7. The second-order valence-electron chi connectivity index (χ2n) is 4.53. The Bertz CT molecular complexity index is 511. The molecule has 1 heterocycles. The highest BCUT2D eigenvalue weighted by Gasteiger charge is 2.30. The van der Waals surface area contributed by atoms with Crippen LogP contribution in [-0.2, 0) is 21.3 Å². The molecule has 1 aromatic rings. The minimum absolute atomic E-state index is 0.197. The summed E-state index contributed by atoms with van der Waals surface area (Å²) in [4.78, 5) is 1.27. The Morgan fingerprint density at radius 3 is 2.68 bits per heavy atom. The van der Waals surface area contributed by atoms with Crippen LogP contribution >= 0.6 is 11.3 Å². The summed E-state index contributed by atoms with van der Waals surface area (Å²) in [6.45, 7) is 4.59. The number of methoxy groups -OCH3 is 1. The second kappa shape index (κ2) is 6.81. The van der Waals surface area contributed by atoms with Crippen molar-refractivity contribution in [1.82, 2.24) is 9.62 Å². The van der Waals surface area contributed by atoms with Crippen LogP contribution < -0.4 is 5.32 Å². The summed E-state index contributed by atoms with van der Waals surface area (Å²) in [6.07, 6.45) is 0. The minimum Gasteiger partial charge on any atom is -0.383 e. The number of aryl methyl sites for hydroxylation is 1. The molecule has 110 valence electrons. The molecule has 0 aliphatic rings. The van der Waals surface area contributed by atoms with Crippen LogP contribution in [-0.4, -0.2) is 46.6 Å². The van der Waals surface area contributed by atoms with Crippen LogP contribution in [0.4, 0.5) is 0 Å². The van der Waals surface area contributed by atoms with Crippen molar-refractivity contribution in [2.45, 2.75) is 31.3 Å². The van der Waals surface area contributed by atoms with Crippen molar-refractivity contribution in [3.8, 4) is 0 Å². The summed E-state index contributed by atoms with van der Waals surface area (Å²) in [6, 6.07) is -0.197. The average molecular weight is 306 g/mol. The van der Waals surface area contributed by atoms with Gasteiger partial charge in [0.1, 0.15) is 4.90 Å². The van der Waals surface area contributed by atoms with Gasteiger partial charge in [-0.1, -0.05) is 0 Å². The van der Waals surface area contributed by atoms with E-state index in [1.165, 1.54) is 15.6 Å². The van der Waals surface area contributed by atoms with Gasteiger partial charge in [-0.15, -0.1) is 11.3 Å². The Balaban J connectivity index is 3.16. The topological polar surface area (TPSA) is 58.6 Å². The van der Waals surface area contributed by atoms with Crippen molar-refractivity contribution in [2.75, 3.05) is 27.8 Å². The molecule has 0 radical (unpaired) electrons. The number of hydrogen-bond donors (Lipinski definition) is 1. The van der Waals surface area contributed by atoms with Crippen molar-refractivity contribution in [3.63, 3.8) is 0 Å². The van der Waals surface area contributed by atoms with E-state index in [9.17, 15) is 8.42 Å². The van der Waals surface area contributed by atoms with Gasteiger partial charge in [0.2, 0.25) is 10.0 Å². The fourth-order valence-electron chi connectivity index (χ4n) is 1.84. The van der Waals surface area contributed by atoms with Crippen LogP contribution in [0.3, 0.4) is 0 Å². The number of nitrogens with zero attached hydrogens (tertiary/aromatic N) is 1. The first kappa shape index (κ1) is 16.6. The van der Waals surface area contributed by atoms with Gasteiger partial charge in [-0.2, -0.15) is 4.31 Å². The van der Waals surface area contributed by atoms with E-state index in [4.69, 9.17) is 4.74 Å². The maximum absolute atomic E-state index is 12.7. The Morgan fingerprint density at radius 1 is 1.53 bits per heavy atom. The van der Waals surface area contributed by atoms with Crippen molar-refractivity contribution in [2.24, 2.45) is 0 Å². The largest absolute Gasteiger partial charge is 0.383 e. The molecule has 0 amide bonds. The zero-order valence-corrected chi connectivity index (χ0v) is 13.7. The fraction of sp³-hybridized carbons (Fsp3) is 0.667. The zero-order chi connectivity index (χ0) is 14.6. The normalized spacial score (nSPS) is 14.0. The van der Waals surface area contributed by atoms with Crippen molar-refractivity contribution < 1.29 is 13.2 Å². The highest BCUT2D eigenvalue weighted by Crippen LogP contribution is 2.29. The zero-order valence-electron chi connectivity index (χ0n) is 12.1. The molecule has 1 aromatic heterocycles. The predicted molar refractivity (Wildman–Crippen MR) is 78.1 cm³/mol. The van der Waals surface area contributed by atoms with Gasteiger partial charge >= 0.3 is 0 Å². The first-order valence-corrected chi connectivity index (χ1v) is 8.36. The molecule has 0 aromatic carbocycles. The van der Waals surface area contributed by atoms with Gasteiger partial charge in [0.25, 0.3) is 0 Å². The monoisotopic (exact) mass is 306 g/mol. The van der Waals surface area contributed by atoms with Gasteiger partial charge in [-0.05, 0) is 31.8 Å². The van der Waals surface area contributed by atoms with Crippen LogP contribution in [0, 0.1) is 6.92 Å². The van der Waals surface area contributed by atoms with Crippen molar-refractivity contribution in [3.05, 3.63) is 15.8 Å². The van der Waals surface area contributed by atoms with Gasteiger partial charge in [-0.25, -0.2) is 8.42 Å². The standard InChI is InChI=1S/C12H22N2O3S2/c1-9-8-18-11(6-13-3)12(9)19(15,16)14(4)10(2)7-17-5/h8,10,13H,6-7H2,1-5H3. The summed E-state index contributed by atoms with van der Waals surface area (Å²) >= 11 is 1.47. The SMILES string of the molecule is CNCc1scc(C)c1S(=O)(=O)N(C)C(C)COC. The first-order valence-electron chi connectivity index (χ1n) is 6.04. The Labute approximate surface area is 119 Å². The molecule has 0 spiro atoms. The molecular formula is C12H22N2O3S2. The molecule has 1 atom stereocenters. The molecule has 0 saturated carbocycles. The van der Waals surface area contributed by atoms with E-state index in [0.29, 0.717) is 18.0 Å². The van der Waals surface area contributed by atoms with Crippen molar-refractivity contribution >= 4 is 21.4 Å². The second-order valence-corrected chi connectivity index (χ2v) is 7.43. The van der Waals surface area contributed by atoms with Crippen LogP contribution in [0.15, 0.2) is 10.3 Å². The smallest absolute Gasteiger partial charge is 0.244 e. The van der Waals surface area contributed by atoms with Crippen LogP contribution in [0.1, 0.15) is 17.4 Å². The van der Waals surface area contributed by atoms with Crippen LogP contribution in [0.25, 0.3) is 0 Å². The molecule has 0 saturated heterocycles. The summed E-state index contributed by atoms with van der Waals surface area (Å²) in [5.41, 5.74) is 0.798. The molecule has 0 aliphatic carbocycles. The quantitative estimate of drug-likeness (QED) is 0.828. The summed E-state index contributed by atoms with van der Waals surface area (Å²) in [7, 11) is 1.50. The van der Waals surface area contributed by atoms with Crippen LogP contribution in [0.5, 0.6) is 0 Å². The van der Waals surface area contributed by atoms with Gasteiger partial charge in [-0.3, -0.25) is 0 Å². The van der Waals surface area contributed by atoms with E-state index in [-0.39, 0.29) is 6.04 Å². The maximum atomic E-state index is 12.7. The molecule has 1 N–H and O–H groups in total. The third-order valence-electron chi connectivity index (χ3n) is 2.99. The molecule has 1 rings (SSSR count). The van der Waals surface area contributed by atoms with Crippen LogP contribution in [0.2, 0.25) is 0 Å². The highest BCUT2D eigenvalue weighted by atomic mass is 32.2. The molecule has 0 aliphatic heterocycles. The lowest BCUT2D eigenvalue weighted by molar-refractivity contribution is 0.149. The summed E-state index contributed by atoms with van der Waals surface area (Å²) in [5, 5.41) is 4.89. The molecule has 7 heteroatoms. The van der Waals surface area contributed by atoms with E-state index < -0.39 is 10.0 Å². The lowest BCUT2D eigenvalue weighted by atomic mass is 10.3. The fourth-order valence-corrected chi connectivity index (χ4v) is 4.96. The first-order chi connectivity index (χ1) is 8.86. The predicted octanol–water partition coefficient (Wildman–Crippen LogP) is 1.43. The summed E-state index contributed by atoms with van der Waals surface area (Å²) < 4.78 is 31.8. The molecular weight excluding hydrogens is 284 g/mol. The van der Waals surface area contributed by atoms with Crippen molar-refractivity contribution in [1.29, 1.82) is 0 Å². The molecule has 0 fully saturated rings. The van der Waals surface area contributed by atoms with E-state index in [0.717, 1.165) is 10.4 Å². The molecule has 5 nitrogen and oxygen atoms in total. The van der Waals surface area contributed by atoms with Gasteiger partial charge in [0.15, 0.2) is 0 Å². The molecule has 1 unspecified atom stereocenters. The number of thiophene rings is 1.